The number of benzene rings is 3. The summed E-state index contributed by atoms with van der Waals surface area (Å²) in [6.45, 7) is 7.19. The molecule has 9 heteroatoms. The molecule has 0 saturated carbocycles. The highest BCUT2D eigenvalue weighted by Gasteiger charge is 2.20. The van der Waals surface area contributed by atoms with Crippen LogP contribution in [0.5, 0.6) is 0 Å². The molecular formula is C35H33N9. The molecule has 44 heavy (non-hydrogen) atoms. The normalized spacial score (nSPS) is 14.3. The van der Waals surface area contributed by atoms with Crippen molar-refractivity contribution in [1.29, 1.82) is 5.26 Å². The number of hydrogen-bond acceptors (Lipinski definition) is 8. The maximum atomic E-state index is 9.06. The molecule has 1 fully saturated rings. The predicted molar refractivity (Wildman–Crippen MR) is 173 cm³/mol. The van der Waals surface area contributed by atoms with E-state index in [0.717, 1.165) is 77.1 Å². The van der Waals surface area contributed by atoms with Crippen molar-refractivity contribution in [3.63, 3.8) is 0 Å². The third kappa shape index (κ3) is 5.60. The first-order valence-corrected chi connectivity index (χ1v) is 15.1. The lowest BCUT2D eigenvalue weighted by molar-refractivity contribution is 0.211. The first-order valence-electron chi connectivity index (χ1n) is 15.1. The van der Waals surface area contributed by atoms with Crippen LogP contribution in [-0.2, 0) is 6.54 Å². The monoisotopic (exact) mass is 579 g/mol. The second-order valence-corrected chi connectivity index (χ2v) is 11.6. The fourth-order valence-electron chi connectivity index (χ4n) is 5.95. The lowest BCUT2D eigenvalue weighted by Crippen LogP contribution is -2.38. The van der Waals surface area contributed by atoms with Crippen LogP contribution >= 0.6 is 0 Å². The Labute approximate surface area is 256 Å². The molecule has 9 nitrogen and oxygen atoms in total. The second-order valence-electron chi connectivity index (χ2n) is 11.6. The molecule has 0 atom stereocenters. The summed E-state index contributed by atoms with van der Waals surface area (Å²) >= 11 is 0. The van der Waals surface area contributed by atoms with Crippen molar-refractivity contribution < 1.29 is 0 Å². The minimum Gasteiger partial charge on any atom is -0.367 e. The van der Waals surface area contributed by atoms with E-state index in [1.807, 2.05) is 36.7 Å². The van der Waals surface area contributed by atoms with Crippen LogP contribution in [0.25, 0.3) is 44.6 Å². The number of hydrogen-bond donors (Lipinski definition) is 1. The molecule has 0 radical (unpaired) electrons. The molecule has 1 aliphatic heterocycles. The summed E-state index contributed by atoms with van der Waals surface area (Å²) in [6, 6.07) is 27.7. The molecule has 0 spiro atoms. The molecule has 218 valence electrons. The molecular weight excluding hydrogens is 546 g/mol. The summed E-state index contributed by atoms with van der Waals surface area (Å²) in [6.07, 6.45) is 5.55. The quantitative estimate of drug-likeness (QED) is 0.224. The maximum Gasteiger partial charge on any atom is 0.234 e. The number of aromatic nitrogens is 6. The molecule has 0 bridgehead atoms. The van der Waals surface area contributed by atoms with Crippen LogP contribution in [0.3, 0.4) is 0 Å². The number of anilines is 1. The highest BCUT2D eigenvalue weighted by molar-refractivity contribution is 5.94. The van der Waals surface area contributed by atoms with Crippen LogP contribution in [0.2, 0.25) is 0 Å². The summed E-state index contributed by atoms with van der Waals surface area (Å²) in [7, 11) is 0. The molecule has 3 aromatic heterocycles. The molecule has 1 saturated heterocycles. The van der Waals surface area contributed by atoms with Gasteiger partial charge in [0.2, 0.25) is 5.82 Å². The zero-order valence-electron chi connectivity index (χ0n) is 24.9. The minimum absolute atomic E-state index is 0.192. The number of rotatable bonds is 7. The molecule has 6 aromatic rings. The van der Waals surface area contributed by atoms with E-state index in [1.165, 1.54) is 5.56 Å². The van der Waals surface area contributed by atoms with E-state index in [9.17, 15) is 0 Å². The van der Waals surface area contributed by atoms with Gasteiger partial charge in [-0.1, -0.05) is 54.6 Å². The highest BCUT2D eigenvalue weighted by atomic mass is 15.1. The Bertz CT molecular complexity index is 1970. The minimum atomic E-state index is 0.192. The van der Waals surface area contributed by atoms with Crippen molar-refractivity contribution in [3.05, 3.63) is 96.7 Å². The van der Waals surface area contributed by atoms with Crippen LogP contribution in [0, 0.1) is 11.3 Å². The Morgan fingerprint density at radius 2 is 1.55 bits per heavy atom. The third-order valence-electron chi connectivity index (χ3n) is 8.29. The van der Waals surface area contributed by atoms with Crippen LogP contribution in [0.4, 0.5) is 5.82 Å². The number of nitrogens with zero attached hydrogens (tertiary/aromatic N) is 8. The smallest absolute Gasteiger partial charge is 0.234 e. The molecule has 0 unspecified atom stereocenters. The van der Waals surface area contributed by atoms with Gasteiger partial charge in [0.25, 0.3) is 0 Å². The molecule has 3 aromatic carbocycles. The molecule has 0 amide bonds. The average molecular weight is 580 g/mol. The first kappa shape index (κ1) is 27.6. The van der Waals surface area contributed by atoms with Crippen molar-refractivity contribution in [2.24, 2.45) is 0 Å². The fraction of sp³-hybridized carbons (Fsp3) is 0.257. The van der Waals surface area contributed by atoms with E-state index >= 15 is 0 Å². The van der Waals surface area contributed by atoms with Gasteiger partial charge in [0, 0.05) is 49.0 Å². The molecule has 0 aliphatic carbocycles. The van der Waals surface area contributed by atoms with Gasteiger partial charge >= 0.3 is 0 Å². The van der Waals surface area contributed by atoms with E-state index in [0.29, 0.717) is 17.9 Å². The zero-order valence-corrected chi connectivity index (χ0v) is 24.9. The SMILES string of the molecule is CC(C)n1cnc2cc3nc(-c4ccc(CN5CCC(Nc6ccnc(C#N)n6)CC5)cc4)c(-c4ccccc4)nc3cc21. The Kier molecular flexibility index (Phi) is 7.42. The molecule has 1 N–H and O–H groups in total. The van der Waals surface area contributed by atoms with E-state index in [2.05, 4.69) is 92.1 Å². The number of fused-ring (bicyclic) bond motifs is 2. The van der Waals surface area contributed by atoms with Crippen LogP contribution in [0.1, 0.15) is 44.1 Å². The van der Waals surface area contributed by atoms with E-state index in [4.69, 9.17) is 15.2 Å². The van der Waals surface area contributed by atoms with Gasteiger partial charge in [-0.3, -0.25) is 4.90 Å². The Morgan fingerprint density at radius 1 is 0.841 bits per heavy atom. The summed E-state index contributed by atoms with van der Waals surface area (Å²) in [5.41, 5.74) is 8.80. The van der Waals surface area contributed by atoms with Crippen LogP contribution in [0.15, 0.2) is 85.3 Å². The van der Waals surface area contributed by atoms with Crippen LogP contribution < -0.4 is 5.32 Å². The fourth-order valence-corrected chi connectivity index (χ4v) is 5.95. The number of imidazole rings is 1. The Hall–Kier alpha value is -5.20. The Morgan fingerprint density at radius 3 is 2.25 bits per heavy atom. The van der Waals surface area contributed by atoms with Crippen molar-refractivity contribution >= 4 is 27.9 Å². The topological polar surface area (TPSA) is 108 Å². The van der Waals surface area contributed by atoms with Gasteiger partial charge in [-0.15, -0.1) is 0 Å². The molecule has 4 heterocycles. The lowest BCUT2D eigenvalue weighted by Gasteiger charge is -2.32. The number of piperidine rings is 1. The van der Waals surface area contributed by atoms with Gasteiger partial charge in [0.15, 0.2) is 0 Å². The van der Waals surface area contributed by atoms with E-state index in [1.54, 1.807) is 6.20 Å². The number of likely N-dealkylation sites (tertiary alicyclic amines) is 1. The van der Waals surface area contributed by atoms with Gasteiger partial charge < -0.3 is 9.88 Å². The summed E-state index contributed by atoms with van der Waals surface area (Å²) in [4.78, 5) is 25.7. The van der Waals surface area contributed by atoms with Gasteiger partial charge in [-0.05, 0) is 50.5 Å². The average Bonchev–Trinajstić information content (AvgIpc) is 3.48. The first-order chi connectivity index (χ1) is 21.5. The lowest BCUT2D eigenvalue weighted by atomic mass is 10.0. The molecule has 7 rings (SSSR count). The largest absolute Gasteiger partial charge is 0.367 e. The van der Waals surface area contributed by atoms with Crippen molar-refractivity contribution in [2.75, 3.05) is 18.4 Å². The predicted octanol–water partition coefficient (Wildman–Crippen LogP) is 6.63. The van der Waals surface area contributed by atoms with Gasteiger partial charge in [0.1, 0.15) is 11.9 Å². The summed E-state index contributed by atoms with van der Waals surface area (Å²) < 4.78 is 2.17. The van der Waals surface area contributed by atoms with E-state index in [-0.39, 0.29) is 5.82 Å². The third-order valence-corrected chi connectivity index (χ3v) is 8.29. The summed E-state index contributed by atoms with van der Waals surface area (Å²) in [5.74, 6) is 0.906. The molecule has 1 aliphatic rings. The van der Waals surface area contributed by atoms with Crippen LogP contribution in [-0.4, -0.2) is 53.5 Å². The zero-order chi connectivity index (χ0) is 30.0. The van der Waals surface area contributed by atoms with Gasteiger partial charge in [-0.25, -0.2) is 24.9 Å². The Balaban J connectivity index is 1.11. The van der Waals surface area contributed by atoms with Crippen molar-refractivity contribution in [1.82, 2.24) is 34.4 Å². The van der Waals surface area contributed by atoms with Crippen molar-refractivity contribution in [2.45, 2.75) is 45.3 Å². The van der Waals surface area contributed by atoms with Gasteiger partial charge in [-0.2, -0.15) is 5.26 Å². The second kappa shape index (κ2) is 11.8. The van der Waals surface area contributed by atoms with E-state index < -0.39 is 0 Å². The number of nitrogens with one attached hydrogen (secondary N) is 1. The summed E-state index contributed by atoms with van der Waals surface area (Å²) in [5, 5.41) is 12.5. The number of nitriles is 1. The standard InChI is InChI=1S/C35H33N9/c1-23(2)44-22-38-30-18-28-29(19-31(30)44)41-34(25-6-4-3-5-7-25)35(40-28)26-10-8-24(9-11-26)21-43-16-13-27(14-17-43)39-32-12-15-37-33(20-36)42-32/h3-12,15,18-19,22-23,27H,13-14,16-17,21H2,1-2H3,(H,37,39,42). The highest BCUT2D eigenvalue weighted by Crippen LogP contribution is 2.33. The van der Waals surface area contributed by atoms with Crippen molar-refractivity contribution in [3.8, 4) is 28.6 Å². The van der Waals surface area contributed by atoms with Gasteiger partial charge in [0.05, 0.1) is 39.8 Å². The maximum absolute atomic E-state index is 9.06.